The highest BCUT2D eigenvalue weighted by Gasteiger charge is 2.31. The van der Waals surface area contributed by atoms with Crippen LogP contribution in [0.5, 0.6) is 0 Å². The van der Waals surface area contributed by atoms with E-state index in [0.717, 1.165) is 17.7 Å². The van der Waals surface area contributed by atoms with Gasteiger partial charge in [-0.3, -0.25) is 9.59 Å². The van der Waals surface area contributed by atoms with Crippen molar-refractivity contribution in [1.29, 1.82) is 0 Å². The second-order valence-corrected chi connectivity index (χ2v) is 8.49. The van der Waals surface area contributed by atoms with Gasteiger partial charge in [-0.1, -0.05) is 32.9 Å². The predicted octanol–water partition coefficient (Wildman–Crippen LogP) is 4.60. The van der Waals surface area contributed by atoms with Crippen LogP contribution in [0.2, 0.25) is 0 Å². The minimum absolute atomic E-state index is 0.00582. The topological polar surface area (TPSA) is 40.6 Å². The number of hydrogen-bond donors (Lipinski definition) is 0. The van der Waals surface area contributed by atoms with Crippen molar-refractivity contribution in [3.63, 3.8) is 0 Å². The summed E-state index contributed by atoms with van der Waals surface area (Å²) in [4.78, 5) is 28.6. The number of benzene rings is 2. The van der Waals surface area contributed by atoms with Crippen molar-refractivity contribution >= 4 is 11.8 Å². The molecule has 1 fully saturated rings. The maximum atomic E-state index is 12.8. The van der Waals surface area contributed by atoms with E-state index in [4.69, 9.17) is 0 Å². The Labute approximate surface area is 174 Å². The van der Waals surface area contributed by atoms with Gasteiger partial charge in [0.25, 0.3) is 11.8 Å². The van der Waals surface area contributed by atoms with Gasteiger partial charge in [0.15, 0.2) is 0 Å². The maximum absolute atomic E-state index is 12.8. The monoisotopic (exact) mass is 418 g/mol. The number of piperazine rings is 1. The highest BCUT2D eigenvalue weighted by atomic mass is 19.4. The van der Waals surface area contributed by atoms with Crippen LogP contribution in [0.1, 0.15) is 52.6 Å². The van der Waals surface area contributed by atoms with Gasteiger partial charge in [0.05, 0.1) is 5.56 Å². The maximum Gasteiger partial charge on any atom is 0.416 e. The molecule has 4 nitrogen and oxygen atoms in total. The molecule has 0 atom stereocenters. The van der Waals surface area contributed by atoms with Crippen molar-refractivity contribution in [3.05, 3.63) is 70.8 Å². The van der Waals surface area contributed by atoms with Gasteiger partial charge in [-0.25, -0.2) is 0 Å². The number of carbonyl (C=O) groups excluding carboxylic acids is 2. The number of halogens is 3. The molecule has 0 bridgehead atoms. The number of amides is 2. The van der Waals surface area contributed by atoms with Crippen molar-refractivity contribution in [2.75, 3.05) is 26.2 Å². The van der Waals surface area contributed by atoms with Crippen LogP contribution in [0.15, 0.2) is 48.5 Å². The molecule has 0 spiro atoms. The first-order valence-electron chi connectivity index (χ1n) is 9.83. The lowest BCUT2D eigenvalue weighted by atomic mass is 9.86. The number of rotatable bonds is 2. The second kappa shape index (κ2) is 8.13. The third kappa shape index (κ3) is 4.83. The predicted molar refractivity (Wildman–Crippen MR) is 108 cm³/mol. The second-order valence-electron chi connectivity index (χ2n) is 8.49. The van der Waals surface area contributed by atoms with E-state index < -0.39 is 11.7 Å². The van der Waals surface area contributed by atoms with Gasteiger partial charge < -0.3 is 9.80 Å². The lowest BCUT2D eigenvalue weighted by Gasteiger charge is -2.35. The molecular formula is C23H25F3N2O2. The van der Waals surface area contributed by atoms with Gasteiger partial charge in [-0.15, -0.1) is 0 Å². The van der Waals surface area contributed by atoms with Crippen LogP contribution in [0.4, 0.5) is 13.2 Å². The van der Waals surface area contributed by atoms with Crippen LogP contribution >= 0.6 is 0 Å². The number of hydrogen-bond acceptors (Lipinski definition) is 2. The molecule has 1 aliphatic heterocycles. The molecule has 1 aliphatic rings. The van der Waals surface area contributed by atoms with E-state index in [1.807, 2.05) is 24.3 Å². The van der Waals surface area contributed by atoms with E-state index in [1.165, 1.54) is 12.1 Å². The molecule has 1 heterocycles. The van der Waals surface area contributed by atoms with Gasteiger partial charge in [0.2, 0.25) is 0 Å². The Bertz CT molecular complexity index is 828. The van der Waals surface area contributed by atoms with Crippen molar-refractivity contribution in [3.8, 4) is 0 Å². The molecule has 0 aliphatic carbocycles. The van der Waals surface area contributed by atoms with Crippen molar-refractivity contribution in [1.82, 2.24) is 9.80 Å². The Morgan fingerprint density at radius 3 is 1.30 bits per heavy atom. The molecular weight excluding hydrogens is 393 g/mol. The SMILES string of the molecule is CC(C)(C)c1ccc(C(=O)N2CCN(C(=O)c3ccc(C(F)(F)F)cc3)CC2)cc1. The molecule has 0 saturated carbocycles. The zero-order valence-electron chi connectivity index (χ0n) is 17.3. The van der Waals surface area contributed by atoms with E-state index >= 15 is 0 Å². The minimum Gasteiger partial charge on any atom is -0.335 e. The average molecular weight is 418 g/mol. The minimum atomic E-state index is -4.43. The van der Waals surface area contributed by atoms with Crippen molar-refractivity contribution < 1.29 is 22.8 Å². The zero-order valence-corrected chi connectivity index (χ0v) is 17.3. The van der Waals surface area contributed by atoms with E-state index in [0.29, 0.717) is 31.7 Å². The summed E-state index contributed by atoms with van der Waals surface area (Å²) in [6.07, 6.45) is -4.43. The van der Waals surface area contributed by atoms with Crippen LogP contribution in [0.3, 0.4) is 0 Å². The molecule has 1 saturated heterocycles. The average Bonchev–Trinajstić information content (AvgIpc) is 2.72. The molecule has 3 rings (SSSR count). The van der Waals surface area contributed by atoms with Crippen LogP contribution in [-0.4, -0.2) is 47.8 Å². The normalized spacial score (nSPS) is 15.3. The Kier molecular flexibility index (Phi) is 5.92. The molecule has 2 amide bonds. The molecule has 2 aromatic carbocycles. The molecule has 2 aromatic rings. The zero-order chi connectivity index (χ0) is 22.1. The number of alkyl halides is 3. The van der Waals surface area contributed by atoms with Gasteiger partial charge >= 0.3 is 6.18 Å². The fraction of sp³-hybridized carbons (Fsp3) is 0.391. The summed E-state index contributed by atoms with van der Waals surface area (Å²) in [6, 6.07) is 11.8. The fourth-order valence-electron chi connectivity index (χ4n) is 3.39. The Morgan fingerprint density at radius 1 is 0.667 bits per heavy atom. The molecule has 7 heteroatoms. The molecule has 0 radical (unpaired) electrons. The molecule has 160 valence electrons. The Morgan fingerprint density at radius 2 is 1.00 bits per heavy atom. The highest BCUT2D eigenvalue weighted by molar-refractivity contribution is 5.96. The van der Waals surface area contributed by atoms with Gasteiger partial charge in [0.1, 0.15) is 0 Å². The van der Waals surface area contributed by atoms with Crippen LogP contribution in [0.25, 0.3) is 0 Å². The molecule has 0 unspecified atom stereocenters. The Hall–Kier alpha value is -2.83. The van der Waals surface area contributed by atoms with E-state index in [-0.39, 0.29) is 22.8 Å². The lowest BCUT2D eigenvalue weighted by Crippen LogP contribution is -2.50. The summed E-state index contributed by atoms with van der Waals surface area (Å²) < 4.78 is 38.0. The van der Waals surface area contributed by atoms with Crippen molar-refractivity contribution in [2.24, 2.45) is 0 Å². The summed E-state index contributed by atoms with van der Waals surface area (Å²) in [5.74, 6) is -0.414. The lowest BCUT2D eigenvalue weighted by molar-refractivity contribution is -0.137. The van der Waals surface area contributed by atoms with Gasteiger partial charge in [-0.2, -0.15) is 13.2 Å². The summed E-state index contributed by atoms with van der Waals surface area (Å²) in [6.45, 7) is 7.76. The first-order chi connectivity index (χ1) is 14.0. The summed E-state index contributed by atoms with van der Waals surface area (Å²) in [7, 11) is 0. The van der Waals surface area contributed by atoms with Gasteiger partial charge in [-0.05, 0) is 47.4 Å². The number of carbonyl (C=O) groups is 2. The summed E-state index contributed by atoms with van der Waals surface area (Å²) in [5, 5.41) is 0. The first kappa shape index (κ1) is 21.9. The van der Waals surface area contributed by atoms with Crippen LogP contribution < -0.4 is 0 Å². The molecule has 30 heavy (non-hydrogen) atoms. The largest absolute Gasteiger partial charge is 0.416 e. The smallest absolute Gasteiger partial charge is 0.335 e. The standard InChI is InChI=1S/C23H25F3N2O2/c1-22(2,3)18-8-4-16(5-9-18)20(29)27-12-14-28(15-13-27)21(30)17-6-10-19(11-7-17)23(24,25)26/h4-11H,12-15H2,1-3H3. The highest BCUT2D eigenvalue weighted by Crippen LogP contribution is 2.29. The molecule has 0 N–H and O–H groups in total. The summed E-state index contributed by atoms with van der Waals surface area (Å²) >= 11 is 0. The van der Waals surface area contributed by atoms with E-state index in [1.54, 1.807) is 9.80 Å². The fourth-order valence-corrected chi connectivity index (χ4v) is 3.39. The van der Waals surface area contributed by atoms with E-state index in [9.17, 15) is 22.8 Å². The Balaban J connectivity index is 1.60. The molecule has 0 aromatic heterocycles. The van der Waals surface area contributed by atoms with Crippen LogP contribution in [-0.2, 0) is 11.6 Å². The first-order valence-corrected chi connectivity index (χ1v) is 9.83. The summed E-state index contributed by atoms with van der Waals surface area (Å²) in [5.41, 5.74) is 1.18. The van der Waals surface area contributed by atoms with Gasteiger partial charge in [0, 0.05) is 37.3 Å². The quantitative estimate of drug-likeness (QED) is 0.715. The van der Waals surface area contributed by atoms with Crippen molar-refractivity contribution in [2.45, 2.75) is 32.4 Å². The third-order valence-corrected chi connectivity index (χ3v) is 5.31. The van der Waals surface area contributed by atoms with Crippen LogP contribution in [0, 0.1) is 0 Å². The number of nitrogens with zero attached hydrogens (tertiary/aromatic N) is 2. The van der Waals surface area contributed by atoms with E-state index in [2.05, 4.69) is 20.8 Å². The third-order valence-electron chi connectivity index (χ3n) is 5.31.